The van der Waals surface area contributed by atoms with Crippen LogP contribution in [0.2, 0.25) is 0 Å². The zero-order chi connectivity index (χ0) is 20.1. The molecule has 0 radical (unpaired) electrons. The van der Waals surface area contributed by atoms with Gasteiger partial charge < -0.3 is 4.74 Å². The summed E-state index contributed by atoms with van der Waals surface area (Å²) in [6.45, 7) is 0.589. The van der Waals surface area contributed by atoms with E-state index in [4.69, 9.17) is 10.00 Å². The second-order valence-corrected chi connectivity index (χ2v) is 6.39. The lowest BCUT2D eigenvalue weighted by Crippen LogP contribution is -2.08. The number of aromatic nitrogens is 3. The second-order valence-electron chi connectivity index (χ2n) is 6.39. The summed E-state index contributed by atoms with van der Waals surface area (Å²) >= 11 is 0. The summed E-state index contributed by atoms with van der Waals surface area (Å²) in [5.74, 6) is 0.0579. The van der Waals surface area contributed by atoms with Gasteiger partial charge in [-0.25, -0.2) is 14.5 Å². The van der Waals surface area contributed by atoms with Gasteiger partial charge in [-0.1, -0.05) is 36.4 Å². The molecule has 4 rings (SSSR count). The number of benzene rings is 3. The van der Waals surface area contributed by atoms with Crippen molar-refractivity contribution in [3.05, 3.63) is 102 Å². The molecule has 0 aliphatic rings. The summed E-state index contributed by atoms with van der Waals surface area (Å²) in [6.07, 6.45) is 3.13. The Bertz CT molecular complexity index is 1140. The maximum atomic E-state index is 12.4. The van der Waals surface area contributed by atoms with Crippen molar-refractivity contribution in [2.45, 2.75) is 6.54 Å². The summed E-state index contributed by atoms with van der Waals surface area (Å²) in [6, 6.07) is 23.9. The zero-order valence-corrected chi connectivity index (χ0v) is 15.4. The largest absolute Gasteiger partial charge is 0.423 e. The first-order valence-corrected chi connectivity index (χ1v) is 8.95. The number of carbonyl (C=O) groups is 1. The molecule has 6 nitrogen and oxygen atoms in total. The molecule has 0 unspecified atom stereocenters. The summed E-state index contributed by atoms with van der Waals surface area (Å²) < 4.78 is 7.18. The highest BCUT2D eigenvalue weighted by atomic mass is 16.5. The molecular formula is C23H16N4O2. The number of ether oxygens (including phenoxy) is 1. The lowest BCUT2D eigenvalue weighted by atomic mass is 10.0. The highest BCUT2D eigenvalue weighted by molar-refractivity contribution is 5.91. The number of hydrogen-bond acceptors (Lipinski definition) is 5. The first kappa shape index (κ1) is 18.1. The van der Waals surface area contributed by atoms with E-state index in [-0.39, 0.29) is 0 Å². The summed E-state index contributed by atoms with van der Waals surface area (Å²) in [7, 11) is 0. The van der Waals surface area contributed by atoms with Crippen molar-refractivity contribution in [2.75, 3.05) is 0 Å². The molecule has 0 saturated heterocycles. The van der Waals surface area contributed by atoms with E-state index >= 15 is 0 Å². The predicted molar refractivity (Wildman–Crippen MR) is 107 cm³/mol. The van der Waals surface area contributed by atoms with Crippen LogP contribution in [0.1, 0.15) is 21.5 Å². The van der Waals surface area contributed by atoms with Crippen molar-refractivity contribution in [1.29, 1.82) is 5.26 Å². The first-order valence-electron chi connectivity index (χ1n) is 8.95. The topological polar surface area (TPSA) is 80.8 Å². The molecule has 0 aliphatic heterocycles. The molecule has 0 fully saturated rings. The SMILES string of the molecule is N#Cc1ccc(-c2ccc(OC(=O)c3ccc(Cn4cncn4)cc3)cc2)cc1. The second kappa shape index (κ2) is 8.19. The van der Waals surface area contributed by atoms with Gasteiger partial charge in [0.15, 0.2) is 0 Å². The van der Waals surface area contributed by atoms with Gasteiger partial charge in [-0.3, -0.25) is 0 Å². The van der Waals surface area contributed by atoms with Crippen LogP contribution >= 0.6 is 0 Å². The van der Waals surface area contributed by atoms with Crippen LogP contribution < -0.4 is 4.74 Å². The Morgan fingerprint density at radius 1 is 0.931 bits per heavy atom. The Morgan fingerprint density at radius 2 is 1.59 bits per heavy atom. The van der Waals surface area contributed by atoms with Crippen molar-refractivity contribution in [1.82, 2.24) is 14.8 Å². The minimum absolute atomic E-state index is 0.413. The minimum atomic E-state index is -0.413. The molecule has 1 heterocycles. The standard InChI is InChI=1S/C23H16N4O2/c24-13-17-1-5-19(6-2-17)20-9-11-22(12-10-20)29-23(28)21-7-3-18(4-8-21)14-27-16-25-15-26-27/h1-12,15-16H,14H2. The van der Waals surface area contributed by atoms with Gasteiger partial charge in [0.2, 0.25) is 0 Å². The minimum Gasteiger partial charge on any atom is -0.423 e. The Morgan fingerprint density at radius 3 is 2.17 bits per heavy atom. The smallest absolute Gasteiger partial charge is 0.343 e. The highest BCUT2D eigenvalue weighted by Crippen LogP contribution is 2.23. The normalized spacial score (nSPS) is 10.3. The Kier molecular flexibility index (Phi) is 5.12. The number of nitriles is 1. The van der Waals surface area contributed by atoms with Gasteiger partial charge in [0.25, 0.3) is 0 Å². The van der Waals surface area contributed by atoms with Gasteiger partial charge >= 0.3 is 5.97 Å². The van der Waals surface area contributed by atoms with E-state index in [1.165, 1.54) is 6.33 Å². The van der Waals surface area contributed by atoms with E-state index < -0.39 is 5.97 Å². The maximum Gasteiger partial charge on any atom is 0.343 e. The van der Waals surface area contributed by atoms with Crippen molar-refractivity contribution in [3.8, 4) is 22.9 Å². The number of carbonyl (C=O) groups excluding carboxylic acids is 1. The third kappa shape index (κ3) is 4.37. The monoisotopic (exact) mass is 380 g/mol. The molecule has 0 bridgehead atoms. The van der Waals surface area contributed by atoms with Crippen LogP contribution in [0.5, 0.6) is 5.75 Å². The molecule has 0 spiro atoms. The number of hydrogen-bond donors (Lipinski definition) is 0. The zero-order valence-electron chi connectivity index (χ0n) is 15.4. The Hall–Kier alpha value is -4.24. The van der Waals surface area contributed by atoms with E-state index in [0.29, 0.717) is 23.4 Å². The van der Waals surface area contributed by atoms with Crippen LogP contribution in [0.3, 0.4) is 0 Å². The Labute approximate surface area is 167 Å². The van der Waals surface area contributed by atoms with Gasteiger partial charge in [0, 0.05) is 0 Å². The third-order valence-corrected chi connectivity index (χ3v) is 4.41. The molecule has 0 aliphatic carbocycles. The molecule has 0 amide bonds. The van der Waals surface area contributed by atoms with Gasteiger partial charge in [0.1, 0.15) is 18.4 Å². The fourth-order valence-electron chi connectivity index (χ4n) is 2.87. The van der Waals surface area contributed by atoms with Gasteiger partial charge in [-0.05, 0) is 53.1 Å². The van der Waals surface area contributed by atoms with Crippen molar-refractivity contribution >= 4 is 5.97 Å². The molecule has 3 aromatic carbocycles. The maximum absolute atomic E-state index is 12.4. The molecule has 0 atom stereocenters. The molecule has 4 aromatic rings. The van der Waals surface area contributed by atoms with E-state index in [0.717, 1.165) is 16.7 Å². The number of nitrogens with zero attached hydrogens (tertiary/aromatic N) is 4. The average Bonchev–Trinajstić information content (AvgIpc) is 3.28. The average molecular weight is 380 g/mol. The molecule has 140 valence electrons. The van der Waals surface area contributed by atoms with E-state index in [9.17, 15) is 4.79 Å². The Balaban J connectivity index is 1.40. The van der Waals surface area contributed by atoms with Crippen LogP contribution in [0.4, 0.5) is 0 Å². The fourth-order valence-corrected chi connectivity index (χ4v) is 2.87. The molecular weight excluding hydrogens is 364 g/mol. The van der Waals surface area contributed by atoms with E-state index in [1.807, 2.05) is 36.4 Å². The van der Waals surface area contributed by atoms with Crippen LogP contribution in [0.15, 0.2) is 85.5 Å². The van der Waals surface area contributed by atoms with Gasteiger partial charge in [-0.2, -0.15) is 10.4 Å². The molecule has 0 N–H and O–H groups in total. The molecule has 6 heteroatoms. The van der Waals surface area contributed by atoms with E-state index in [2.05, 4.69) is 16.2 Å². The number of rotatable bonds is 5. The molecule has 29 heavy (non-hydrogen) atoms. The van der Waals surface area contributed by atoms with E-state index in [1.54, 1.807) is 47.4 Å². The van der Waals surface area contributed by atoms with Gasteiger partial charge in [-0.15, -0.1) is 0 Å². The van der Waals surface area contributed by atoms with Crippen LogP contribution in [-0.2, 0) is 6.54 Å². The van der Waals surface area contributed by atoms with Crippen LogP contribution in [-0.4, -0.2) is 20.7 Å². The number of esters is 1. The van der Waals surface area contributed by atoms with Crippen LogP contribution in [0, 0.1) is 11.3 Å². The summed E-state index contributed by atoms with van der Waals surface area (Å²) in [5, 5.41) is 12.9. The summed E-state index contributed by atoms with van der Waals surface area (Å²) in [5.41, 5.74) is 4.07. The fraction of sp³-hybridized carbons (Fsp3) is 0.0435. The van der Waals surface area contributed by atoms with Crippen molar-refractivity contribution in [2.24, 2.45) is 0 Å². The third-order valence-electron chi connectivity index (χ3n) is 4.41. The first-order chi connectivity index (χ1) is 14.2. The summed E-state index contributed by atoms with van der Waals surface area (Å²) in [4.78, 5) is 16.3. The molecule has 0 saturated carbocycles. The molecule has 1 aromatic heterocycles. The lowest BCUT2D eigenvalue weighted by molar-refractivity contribution is 0.0735. The lowest BCUT2D eigenvalue weighted by Gasteiger charge is -2.07. The van der Waals surface area contributed by atoms with Crippen molar-refractivity contribution < 1.29 is 9.53 Å². The predicted octanol–water partition coefficient (Wildman–Crippen LogP) is 4.08. The van der Waals surface area contributed by atoms with Crippen LogP contribution in [0.25, 0.3) is 11.1 Å². The van der Waals surface area contributed by atoms with Gasteiger partial charge in [0.05, 0.1) is 23.7 Å². The highest BCUT2D eigenvalue weighted by Gasteiger charge is 2.09. The quantitative estimate of drug-likeness (QED) is 0.385. The van der Waals surface area contributed by atoms with Crippen molar-refractivity contribution in [3.63, 3.8) is 0 Å².